The van der Waals surface area contributed by atoms with Crippen molar-refractivity contribution in [2.24, 2.45) is 0 Å². The quantitative estimate of drug-likeness (QED) is 0.802. The SMILES string of the molecule is CCOC(=O)c1c(C)nsc1NCC(C)N(C)C. The molecular weight excluding hydrogens is 250 g/mol. The van der Waals surface area contributed by atoms with Crippen molar-refractivity contribution in [1.82, 2.24) is 9.27 Å². The van der Waals surface area contributed by atoms with Crippen molar-refractivity contribution in [3.8, 4) is 0 Å². The number of hydrogen-bond acceptors (Lipinski definition) is 6. The fourth-order valence-corrected chi connectivity index (χ4v) is 2.15. The molecular formula is C12H21N3O2S. The first kappa shape index (κ1) is 14.9. The highest BCUT2D eigenvalue weighted by molar-refractivity contribution is 7.10. The van der Waals surface area contributed by atoms with Crippen LogP contribution in [0.25, 0.3) is 0 Å². The third-order valence-corrected chi connectivity index (χ3v) is 3.68. The molecule has 1 unspecified atom stereocenters. The first-order valence-electron chi connectivity index (χ1n) is 6.01. The Kier molecular flexibility index (Phi) is 5.55. The minimum Gasteiger partial charge on any atom is -0.462 e. The van der Waals surface area contributed by atoms with E-state index in [4.69, 9.17) is 4.74 Å². The van der Waals surface area contributed by atoms with Crippen LogP contribution >= 0.6 is 11.5 Å². The van der Waals surface area contributed by atoms with Crippen LogP contribution < -0.4 is 5.32 Å². The number of ether oxygens (including phenoxy) is 1. The highest BCUT2D eigenvalue weighted by Gasteiger charge is 2.19. The summed E-state index contributed by atoms with van der Waals surface area (Å²) in [7, 11) is 4.05. The molecule has 1 N–H and O–H groups in total. The zero-order chi connectivity index (χ0) is 13.7. The Hall–Kier alpha value is -1.14. The van der Waals surface area contributed by atoms with Gasteiger partial charge in [-0.2, -0.15) is 4.37 Å². The summed E-state index contributed by atoms with van der Waals surface area (Å²) in [6.07, 6.45) is 0. The highest BCUT2D eigenvalue weighted by Crippen LogP contribution is 2.25. The first-order chi connectivity index (χ1) is 8.47. The minimum atomic E-state index is -0.302. The van der Waals surface area contributed by atoms with E-state index in [9.17, 15) is 4.79 Å². The summed E-state index contributed by atoms with van der Waals surface area (Å²) in [5, 5.41) is 4.06. The molecule has 5 nitrogen and oxygen atoms in total. The zero-order valence-electron chi connectivity index (χ0n) is 11.6. The van der Waals surface area contributed by atoms with Crippen LogP contribution in [0.3, 0.4) is 0 Å². The maximum Gasteiger partial charge on any atom is 0.343 e. The van der Waals surface area contributed by atoms with E-state index >= 15 is 0 Å². The Labute approximate surface area is 112 Å². The third kappa shape index (κ3) is 3.68. The van der Waals surface area contributed by atoms with Gasteiger partial charge in [-0.3, -0.25) is 0 Å². The molecule has 1 heterocycles. The van der Waals surface area contributed by atoms with Crippen molar-refractivity contribution >= 4 is 22.5 Å². The largest absolute Gasteiger partial charge is 0.462 e. The van der Waals surface area contributed by atoms with Gasteiger partial charge in [0.2, 0.25) is 0 Å². The summed E-state index contributed by atoms with van der Waals surface area (Å²) in [5.41, 5.74) is 1.28. The van der Waals surface area contributed by atoms with Crippen molar-refractivity contribution in [3.05, 3.63) is 11.3 Å². The van der Waals surface area contributed by atoms with Crippen LogP contribution in [0.2, 0.25) is 0 Å². The average molecular weight is 271 g/mol. The van der Waals surface area contributed by atoms with E-state index in [2.05, 4.69) is 21.5 Å². The van der Waals surface area contributed by atoms with E-state index < -0.39 is 0 Å². The number of nitrogens with zero attached hydrogens (tertiary/aromatic N) is 2. The van der Waals surface area contributed by atoms with Crippen molar-refractivity contribution < 1.29 is 9.53 Å². The lowest BCUT2D eigenvalue weighted by Gasteiger charge is -2.20. The monoisotopic (exact) mass is 271 g/mol. The van der Waals surface area contributed by atoms with Gasteiger partial charge in [0.05, 0.1) is 12.3 Å². The highest BCUT2D eigenvalue weighted by atomic mass is 32.1. The summed E-state index contributed by atoms with van der Waals surface area (Å²) in [6.45, 7) is 6.88. The molecule has 1 aromatic heterocycles. The summed E-state index contributed by atoms with van der Waals surface area (Å²) in [6, 6.07) is 0.377. The maximum absolute atomic E-state index is 11.8. The number of rotatable bonds is 6. The van der Waals surface area contributed by atoms with E-state index in [-0.39, 0.29) is 5.97 Å². The lowest BCUT2D eigenvalue weighted by molar-refractivity contribution is 0.0527. The van der Waals surface area contributed by atoms with Crippen LogP contribution in [0.5, 0.6) is 0 Å². The van der Waals surface area contributed by atoms with E-state index in [1.807, 2.05) is 21.0 Å². The van der Waals surface area contributed by atoms with Crippen molar-refractivity contribution in [2.45, 2.75) is 26.8 Å². The number of anilines is 1. The van der Waals surface area contributed by atoms with E-state index in [0.29, 0.717) is 18.2 Å². The Morgan fingerprint density at radius 1 is 1.56 bits per heavy atom. The smallest absolute Gasteiger partial charge is 0.343 e. The second-order valence-electron chi connectivity index (χ2n) is 4.39. The predicted molar refractivity (Wildman–Crippen MR) is 74.4 cm³/mol. The van der Waals surface area contributed by atoms with Crippen LogP contribution in [0.4, 0.5) is 5.00 Å². The number of carbonyl (C=O) groups is 1. The zero-order valence-corrected chi connectivity index (χ0v) is 12.4. The van der Waals surface area contributed by atoms with Crippen molar-refractivity contribution in [3.63, 3.8) is 0 Å². The number of likely N-dealkylation sites (N-methyl/N-ethyl adjacent to an activating group) is 1. The lowest BCUT2D eigenvalue weighted by Crippen LogP contribution is -2.31. The Bertz CT molecular complexity index is 404. The Morgan fingerprint density at radius 2 is 2.22 bits per heavy atom. The predicted octanol–water partition coefficient (Wildman–Crippen LogP) is 1.99. The number of carbonyl (C=O) groups excluding carboxylic acids is 1. The molecule has 0 aliphatic carbocycles. The molecule has 18 heavy (non-hydrogen) atoms. The van der Waals surface area contributed by atoms with Gasteiger partial charge in [0, 0.05) is 12.6 Å². The van der Waals surface area contributed by atoms with E-state index in [1.165, 1.54) is 11.5 Å². The number of esters is 1. The molecule has 1 atom stereocenters. The van der Waals surface area contributed by atoms with Gasteiger partial charge in [-0.05, 0) is 46.4 Å². The summed E-state index contributed by atoms with van der Waals surface area (Å²) >= 11 is 1.30. The van der Waals surface area contributed by atoms with Gasteiger partial charge in [0.25, 0.3) is 0 Å². The van der Waals surface area contributed by atoms with Gasteiger partial charge >= 0.3 is 5.97 Å². The maximum atomic E-state index is 11.8. The minimum absolute atomic E-state index is 0.302. The molecule has 6 heteroatoms. The van der Waals surface area contributed by atoms with E-state index in [1.54, 1.807) is 6.92 Å². The molecule has 0 aliphatic rings. The normalized spacial score (nSPS) is 12.6. The van der Waals surface area contributed by atoms with Crippen molar-refractivity contribution in [1.29, 1.82) is 0 Å². The van der Waals surface area contributed by atoms with Gasteiger partial charge < -0.3 is 15.0 Å². The number of nitrogens with one attached hydrogen (secondary N) is 1. The lowest BCUT2D eigenvalue weighted by atomic mass is 10.2. The van der Waals surface area contributed by atoms with Gasteiger partial charge in [-0.25, -0.2) is 4.79 Å². The van der Waals surface area contributed by atoms with Gasteiger partial charge in [-0.15, -0.1) is 0 Å². The fourth-order valence-electron chi connectivity index (χ4n) is 1.36. The molecule has 0 aromatic carbocycles. The van der Waals surface area contributed by atoms with Gasteiger partial charge in [0.1, 0.15) is 10.6 Å². The molecule has 1 rings (SSSR count). The Morgan fingerprint density at radius 3 is 2.78 bits per heavy atom. The molecule has 0 spiro atoms. The van der Waals surface area contributed by atoms with Gasteiger partial charge in [0.15, 0.2) is 0 Å². The number of hydrogen-bond donors (Lipinski definition) is 1. The number of aromatic nitrogens is 1. The molecule has 0 bridgehead atoms. The summed E-state index contributed by atoms with van der Waals surface area (Å²) in [4.78, 5) is 13.9. The molecule has 0 aliphatic heterocycles. The summed E-state index contributed by atoms with van der Waals surface area (Å²) in [5.74, 6) is -0.302. The molecule has 1 aromatic rings. The second-order valence-corrected chi connectivity index (χ2v) is 5.16. The van der Waals surface area contributed by atoms with Crippen molar-refractivity contribution in [2.75, 3.05) is 32.6 Å². The second kappa shape index (κ2) is 6.70. The van der Waals surface area contributed by atoms with Crippen LogP contribution in [0.1, 0.15) is 29.9 Å². The Balaban J connectivity index is 2.75. The first-order valence-corrected chi connectivity index (χ1v) is 6.78. The average Bonchev–Trinajstić information content (AvgIpc) is 2.67. The molecule has 0 saturated heterocycles. The molecule has 102 valence electrons. The number of aryl methyl sites for hydroxylation is 1. The molecule has 0 fully saturated rings. The standard InChI is InChI=1S/C12H21N3O2S/c1-6-17-12(16)10-9(3)14-18-11(10)13-7-8(2)15(4)5/h8,13H,6-7H2,1-5H3. The third-order valence-electron chi connectivity index (χ3n) is 2.78. The molecule has 0 amide bonds. The van der Waals surface area contributed by atoms with Gasteiger partial charge in [-0.1, -0.05) is 0 Å². The molecule has 0 saturated carbocycles. The summed E-state index contributed by atoms with van der Waals surface area (Å²) < 4.78 is 9.25. The van der Waals surface area contributed by atoms with E-state index in [0.717, 1.165) is 17.2 Å². The van der Waals surface area contributed by atoms with Crippen LogP contribution in [-0.4, -0.2) is 48.5 Å². The van der Waals surface area contributed by atoms with Crippen LogP contribution in [0, 0.1) is 6.92 Å². The molecule has 0 radical (unpaired) electrons. The van der Waals surface area contributed by atoms with Crippen LogP contribution in [-0.2, 0) is 4.74 Å². The fraction of sp³-hybridized carbons (Fsp3) is 0.667. The van der Waals surface area contributed by atoms with Crippen LogP contribution in [0.15, 0.2) is 0 Å². The topological polar surface area (TPSA) is 54.5 Å².